The van der Waals surface area contributed by atoms with Gasteiger partial charge in [-0.3, -0.25) is 9.59 Å². The van der Waals surface area contributed by atoms with Gasteiger partial charge in [0.15, 0.2) is 0 Å². The Morgan fingerprint density at radius 3 is 2.74 bits per heavy atom. The highest BCUT2D eigenvalue weighted by atomic mass is 16.2. The Morgan fingerprint density at radius 1 is 1.26 bits per heavy atom. The lowest BCUT2D eigenvalue weighted by molar-refractivity contribution is -0.126. The summed E-state index contributed by atoms with van der Waals surface area (Å²) in [6, 6.07) is 6.06. The standard InChI is InChI=1S/C19H28N2O2/c1-4-5-6-7-10-20-19(23)16-12-18(22)21(13-16)17-9-8-14(2)11-15(17)3/h8-9,11,16H,4-7,10,12-13H2,1-3H3,(H,20,23). The number of unbranched alkanes of at least 4 members (excludes halogenated alkanes) is 3. The zero-order chi connectivity index (χ0) is 16.8. The summed E-state index contributed by atoms with van der Waals surface area (Å²) in [5.74, 6) is -0.167. The molecule has 0 aromatic heterocycles. The van der Waals surface area contributed by atoms with E-state index in [1.807, 2.05) is 26.0 Å². The number of anilines is 1. The molecule has 0 saturated carbocycles. The molecule has 1 atom stereocenters. The van der Waals surface area contributed by atoms with Crippen LogP contribution in [0.15, 0.2) is 18.2 Å². The molecule has 0 spiro atoms. The fraction of sp³-hybridized carbons (Fsp3) is 0.579. The fourth-order valence-electron chi connectivity index (χ4n) is 3.13. The van der Waals surface area contributed by atoms with Crippen molar-refractivity contribution in [1.29, 1.82) is 0 Å². The number of benzene rings is 1. The SMILES string of the molecule is CCCCCCNC(=O)C1CC(=O)N(c2ccc(C)cc2C)C1. The Balaban J connectivity index is 1.90. The molecule has 1 N–H and O–H groups in total. The Kier molecular flexibility index (Phi) is 6.20. The molecule has 1 aliphatic rings. The van der Waals surface area contributed by atoms with E-state index in [-0.39, 0.29) is 17.7 Å². The quantitative estimate of drug-likeness (QED) is 0.784. The van der Waals surface area contributed by atoms with Crippen molar-refractivity contribution < 1.29 is 9.59 Å². The first-order chi connectivity index (χ1) is 11.0. The van der Waals surface area contributed by atoms with Gasteiger partial charge in [0.2, 0.25) is 11.8 Å². The zero-order valence-electron chi connectivity index (χ0n) is 14.5. The number of aryl methyl sites for hydroxylation is 2. The lowest BCUT2D eigenvalue weighted by Gasteiger charge is -2.19. The van der Waals surface area contributed by atoms with Crippen LogP contribution in [0.5, 0.6) is 0 Å². The molecule has 2 rings (SSSR count). The van der Waals surface area contributed by atoms with Crippen molar-refractivity contribution in [2.24, 2.45) is 5.92 Å². The second-order valence-corrected chi connectivity index (χ2v) is 6.55. The zero-order valence-corrected chi connectivity index (χ0v) is 14.5. The first-order valence-electron chi connectivity index (χ1n) is 8.68. The predicted octanol–water partition coefficient (Wildman–Crippen LogP) is 3.35. The smallest absolute Gasteiger partial charge is 0.227 e. The average Bonchev–Trinajstić information content (AvgIpc) is 2.89. The average molecular weight is 316 g/mol. The van der Waals surface area contributed by atoms with Crippen LogP contribution < -0.4 is 10.2 Å². The van der Waals surface area contributed by atoms with Gasteiger partial charge in [0, 0.05) is 25.2 Å². The van der Waals surface area contributed by atoms with Crippen LogP contribution >= 0.6 is 0 Å². The molecule has 1 saturated heterocycles. The third-order valence-corrected chi connectivity index (χ3v) is 4.47. The second-order valence-electron chi connectivity index (χ2n) is 6.55. The number of hydrogen-bond acceptors (Lipinski definition) is 2. The summed E-state index contributed by atoms with van der Waals surface area (Å²) in [6.45, 7) is 7.43. The molecule has 1 aromatic rings. The molecule has 4 nitrogen and oxygen atoms in total. The van der Waals surface area contributed by atoms with Crippen molar-refractivity contribution in [2.75, 3.05) is 18.0 Å². The second kappa shape index (κ2) is 8.14. The van der Waals surface area contributed by atoms with Gasteiger partial charge in [-0.15, -0.1) is 0 Å². The monoisotopic (exact) mass is 316 g/mol. The van der Waals surface area contributed by atoms with Crippen LogP contribution in [-0.4, -0.2) is 24.9 Å². The number of rotatable bonds is 7. The van der Waals surface area contributed by atoms with Crippen LogP contribution in [0.1, 0.15) is 50.2 Å². The van der Waals surface area contributed by atoms with E-state index in [9.17, 15) is 9.59 Å². The minimum absolute atomic E-state index is 0.0158. The summed E-state index contributed by atoms with van der Waals surface area (Å²) in [5, 5.41) is 2.98. The predicted molar refractivity (Wildman–Crippen MR) is 93.5 cm³/mol. The highest BCUT2D eigenvalue weighted by molar-refractivity contribution is 6.00. The van der Waals surface area contributed by atoms with Crippen LogP contribution in [0.2, 0.25) is 0 Å². The summed E-state index contributed by atoms with van der Waals surface area (Å²) < 4.78 is 0. The van der Waals surface area contributed by atoms with Crippen molar-refractivity contribution in [3.8, 4) is 0 Å². The minimum atomic E-state index is -0.227. The largest absolute Gasteiger partial charge is 0.356 e. The third-order valence-electron chi connectivity index (χ3n) is 4.47. The minimum Gasteiger partial charge on any atom is -0.356 e. The van der Waals surface area contributed by atoms with Gasteiger partial charge in [0.25, 0.3) is 0 Å². The molecule has 2 amide bonds. The van der Waals surface area contributed by atoms with E-state index in [2.05, 4.69) is 18.3 Å². The number of carbonyl (C=O) groups excluding carboxylic acids is 2. The van der Waals surface area contributed by atoms with Crippen molar-refractivity contribution in [2.45, 2.75) is 52.9 Å². The highest BCUT2D eigenvalue weighted by Gasteiger charge is 2.35. The normalized spacial score (nSPS) is 17.6. The lowest BCUT2D eigenvalue weighted by atomic mass is 10.1. The molecule has 0 aliphatic carbocycles. The molecule has 1 aromatic carbocycles. The summed E-state index contributed by atoms with van der Waals surface area (Å²) in [5.41, 5.74) is 3.19. The van der Waals surface area contributed by atoms with Gasteiger partial charge < -0.3 is 10.2 Å². The van der Waals surface area contributed by atoms with Gasteiger partial charge in [-0.2, -0.15) is 0 Å². The van der Waals surface area contributed by atoms with Gasteiger partial charge in [-0.1, -0.05) is 43.9 Å². The Hall–Kier alpha value is -1.84. The van der Waals surface area contributed by atoms with E-state index >= 15 is 0 Å². The number of hydrogen-bond donors (Lipinski definition) is 1. The van der Waals surface area contributed by atoms with Gasteiger partial charge in [-0.05, 0) is 31.9 Å². The van der Waals surface area contributed by atoms with E-state index in [0.29, 0.717) is 19.5 Å². The van der Waals surface area contributed by atoms with Gasteiger partial charge in [0.05, 0.1) is 5.92 Å². The Morgan fingerprint density at radius 2 is 2.04 bits per heavy atom. The van der Waals surface area contributed by atoms with Crippen LogP contribution in [0.3, 0.4) is 0 Å². The molecule has 23 heavy (non-hydrogen) atoms. The summed E-state index contributed by atoms with van der Waals surface area (Å²) >= 11 is 0. The van der Waals surface area contributed by atoms with E-state index < -0.39 is 0 Å². The molecular weight excluding hydrogens is 288 g/mol. The van der Waals surface area contributed by atoms with Gasteiger partial charge >= 0.3 is 0 Å². The molecule has 1 aliphatic heterocycles. The molecule has 126 valence electrons. The highest BCUT2D eigenvalue weighted by Crippen LogP contribution is 2.28. The summed E-state index contributed by atoms with van der Waals surface area (Å²) in [7, 11) is 0. The number of nitrogens with zero attached hydrogens (tertiary/aromatic N) is 1. The van der Waals surface area contributed by atoms with Crippen LogP contribution in [0.4, 0.5) is 5.69 Å². The van der Waals surface area contributed by atoms with E-state index in [0.717, 1.165) is 24.1 Å². The maximum atomic E-state index is 12.3. The van der Waals surface area contributed by atoms with Crippen molar-refractivity contribution in [1.82, 2.24) is 5.32 Å². The third kappa shape index (κ3) is 4.57. The van der Waals surface area contributed by atoms with Gasteiger partial charge in [-0.25, -0.2) is 0 Å². The molecule has 1 fully saturated rings. The molecule has 0 radical (unpaired) electrons. The lowest BCUT2D eigenvalue weighted by Crippen LogP contribution is -2.33. The van der Waals surface area contributed by atoms with Crippen LogP contribution in [0.25, 0.3) is 0 Å². The first kappa shape index (κ1) is 17.5. The van der Waals surface area contributed by atoms with E-state index in [1.54, 1.807) is 4.90 Å². The van der Waals surface area contributed by atoms with Crippen LogP contribution in [-0.2, 0) is 9.59 Å². The molecule has 4 heteroatoms. The fourth-order valence-corrected chi connectivity index (χ4v) is 3.13. The van der Waals surface area contributed by atoms with E-state index in [4.69, 9.17) is 0 Å². The number of nitrogens with one attached hydrogen (secondary N) is 1. The molecule has 0 bridgehead atoms. The molecular formula is C19H28N2O2. The molecule has 1 unspecified atom stereocenters. The van der Waals surface area contributed by atoms with Crippen molar-refractivity contribution >= 4 is 17.5 Å². The molecule has 1 heterocycles. The maximum Gasteiger partial charge on any atom is 0.227 e. The van der Waals surface area contributed by atoms with E-state index in [1.165, 1.54) is 18.4 Å². The topological polar surface area (TPSA) is 49.4 Å². The number of amides is 2. The summed E-state index contributed by atoms with van der Waals surface area (Å²) in [4.78, 5) is 26.3. The maximum absolute atomic E-state index is 12.3. The van der Waals surface area contributed by atoms with Crippen molar-refractivity contribution in [3.05, 3.63) is 29.3 Å². The Labute approximate surface area is 139 Å². The first-order valence-corrected chi connectivity index (χ1v) is 8.68. The van der Waals surface area contributed by atoms with Crippen molar-refractivity contribution in [3.63, 3.8) is 0 Å². The number of carbonyl (C=O) groups is 2. The summed E-state index contributed by atoms with van der Waals surface area (Å²) in [6.07, 6.45) is 4.87. The Bertz CT molecular complexity index is 568. The van der Waals surface area contributed by atoms with Crippen LogP contribution in [0, 0.1) is 19.8 Å². The van der Waals surface area contributed by atoms with Gasteiger partial charge in [0.1, 0.15) is 0 Å².